The van der Waals surface area contributed by atoms with Gasteiger partial charge in [-0.1, -0.05) is 37.3 Å². The van der Waals surface area contributed by atoms with Crippen molar-refractivity contribution in [1.82, 2.24) is 4.90 Å². The van der Waals surface area contributed by atoms with Crippen LogP contribution in [0.15, 0.2) is 30.3 Å². The summed E-state index contributed by atoms with van der Waals surface area (Å²) in [5.41, 5.74) is 1.12. The maximum atomic E-state index is 9.47. The standard InChI is InChI=1S/C14H21NO2/c1-14(11-17)10-15(8-13(14)9-16)7-12-5-3-2-4-6-12/h2-6,13,16-17H,7-11H2,1H3. The van der Waals surface area contributed by atoms with Gasteiger partial charge in [-0.3, -0.25) is 4.90 Å². The second-order valence-corrected chi connectivity index (χ2v) is 5.35. The van der Waals surface area contributed by atoms with Crippen LogP contribution >= 0.6 is 0 Å². The third-order valence-electron chi connectivity index (χ3n) is 3.88. The highest BCUT2D eigenvalue weighted by atomic mass is 16.3. The molecule has 0 radical (unpaired) electrons. The van der Waals surface area contributed by atoms with Crippen molar-refractivity contribution in [1.29, 1.82) is 0 Å². The molecule has 0 aromatic heterocycles. The second kappa shape index (κ2) is 5.17. The number of benzene rings is 1. The molecule has 2 atom stereocenters. The van der Waals surface area contributed by atoms with E-state index in [-0.39, 0.29) is 24.5 Å². The predicted molar refractivity (Wildman–Crippen MR) is 67.5 cm³/mol. The zero-order valence-corrected chi connectivity index (χ0v) is 10.3. The lowest BCUT2D eigenvalue weighted by atomic mass is 9.81. The van der Waals surface area contributed by atoms with Crippen molar-refractivity contribution in [3.63, 3.8) is 0 Å². The molecular formula is C14H21NO2. The summed E-state index contributed by atoms with van der Waals surface area (Å²) < 4.78 is 0. The summed E-state index contributed by atoms with van der Waals surface area (Å²) >= 11 is 0. The Morgan fingerprint density at radius 2 is 2.00 bits per heavy atom. The van der Waals surface area contributed by atoms with Crippen molar-refractivity contribution in [2.75, 3.05) is 26.3 Å². The van der Waals surface area contributed by atoms with Crippen LogP contribution in [0.2, 0.25) is 0 Å². The zero-order chi connectivity index (χ0) is 12.3. The molecule has 0 aliphatic carbocycles. The average molecular weight is 235 g/mol. The number of aliphatic hydroxyl groups excluding tert-OH is 2. The van der Waals surface area contributed by atoms with E-state index in [0.717, 1.165) is 19.6 Å². The Hall–Kier alpha value is -0.900. The molecule has 1 aliphatic rings. The summed E-state index contributed by atoms with van der Waals surface area (Å²) in [6.45, 7) is 4.96. The summed E-state index contributed by atoms with van der Waals surface area (Å²) in [5.74, 6) is 0.177. The van der Waals surface area contributed by atoms with Crippen molar-refractivity contribution >= 4 is 0 Å². The second-order valence-electron chi connectivity index (χ2n) is 5.35. The molecule has 94 valence electrons. The number of rotatable bonds is 4. The van der Waals surface area contributed by atoms with Crippen LogP contribution in [0, 0.1) is 11.3 Å². The van der Waals surface area contributed by atoms with Gasteiger partial charge in [-0.2, -0.15) is 0 Å². The van der Waals surface area contributed by atoms with Gasteiger partial charge in [-0.25, -0.2) is 0 Å². The molecule has 1 aromatic carbocycles. The number of likely N-dealkylation sites (tertiary alicyclic amines) is 1. The van der Waals surface area contributed by atoms with Crippen LogP contribution in [-0.4, -0.2) is 41.4 Å². The zero-order valence-electron chi connectivity index (χ0n) is 10.3. The number of nitrogens with zero attached hydrogens (tertiary/aromatic N) is 1. The van der Waals surface area contributed by atoms with Crippen molar-refractivity contribution < 1.29 is 10.2 Å². The van der Waals surface area contributed by atoms with E-state index in [1.807, 2.05) is 18.2 Å². The largest absolute Gasteiger partial charge is 0.396 e. The van der Waals surface area contributed by atoms with E-state index >= 15 is 0 Å². The topological polar surface area (TPSA) is 43.7 Å². The molecule has 0 bridgehead atoms. The van der Waals surface area contributed by atoms with Crippen LogP contribution in [0.5, 0.6) is 0 Å². The van der Waals surface area contributed by atoms with Gasteiger partial charge in [-0.15, -0.1) is 0 Å². The van der Waals surface area contributed by atoms with Gasteiger partial charge in [0.1, 0.15) is 0 Å². The van der Waals surface area contributed by atoms with Crippen molar-refractivity contribution in [2.45, 2.75) is 13.5 Å². The summed E-state index contributed by atoms with van der Waals surface area (Å²) in [6.07, 6.45) is 0. The highest BCUT2D eigenvalue weighted by Crippen LogP contribution is 2.35. The highest BCUT2D eigenvalue weighted by Gasteiger charge is 2.41. The van der Waals surface area contributed by atoms with Crippen LogP contribution in [-0.2, 0) is 6.54 Å². The van der Waals surface area contributed by atoms with Crippen molar-refractivity contribution in [3.8, 4) is 0 Å². The molecular weight excluding hydrogens is 214 g/mol. The molecule has 17 heavy (non-hydrogen) atoms. The maximum Gasteiger partial charge on any atom is 0.0501 e. The van der Waals surface area contributed by atoms with Gasteiger partial charge in [0.25, 0.3) is 0 Å². The molecule has 2 unspecified atom stereocenters. The molecule has 0 spiro atoms. The van der Waals surface area contributed by atoms with E-state index in [2.05, 4.69) is 24.0 Å². The first-order valence-electron chi connectivity index (χ1n) is 6.16. The first-order valence-corrected chi connectivity index (χ1v) is 6.16. The molecule has 0 saturated carbocycles. The molecule has 1 aliphatic heterocycles. The van der Waals surface area contributed by atoms with Crippen molar-refractivity contribution in [3.05, 3.63) is 35.9 Å². The Labute approximate surface area is 103 Å². The van der Waals surface area contributed by atoms with Gasteiger partial charge in [0.2, 0.25) is 0 Å². The van der Waals surface area contributed by atoms with Crippen LogP contribution in [0.4, 0.5) is 0 Å². The van der Waals surface area contributed by atoms with Gasteiger partial charge in [0.15, 0.2) is 0 Å². The summed E-state index contributed by atoms with van der Waals surface area (Å²) in [7, 11) is 0. The summed E-state index contributed by atoms with van der Waals surface area (Å²) in [5, 5.41) is 18.9. The Morgan fingerprint density at radius 1 is 1.29 bits per heavy atom. The molecule has 1 heterocycles. The third kappa shape index (κ3) is 2.68. The molecule has 1 saturated heterocycles. The Kier molecular flexibility index (Phi) is 3.82. The first kappa shape index (κ1) is 12.6. The number of hydrogen-bond acceptors (Lipinski definition) is 3. The predicted octanol–water partition coefficient (Wildman–Crippen LogP) is 1.11. The smallest absolute Gasteiger partial charge is 0.0501 e. The lowest BCUT2D eigenvalue weighted by Crippen LogP contribution is -2.32. The van der Waals surface area contributed by atoms with E-state index in [1.54, 1.807) is 0 Å². The molecule has 0 amide bonds. The fourth-order valence-electron chi connectivity index (χ4n) is 2.66. The number of hydrogen-bond donors (Lipinski definition) is 2. The summed E-state index contributed by atoms with van der Waals surface area (Å²) in [6, 6.07) is 10.3. The lowest BCUT2D eigenvalue weighted by Gasteiger charge is -2.26. The van der Waals surface area contributed by atoms with Crippen LogP contribution in [0.1, 0.15) is 12.5 Å². The van der Waals surface area contributed by atoms with E-state index in [9.17, 15) is 10.2 Å². The van der Waals surface area contributed by atoms with Crippen LogP contribution < -0.4 is 0 Å². The van der Waals surface area contributed by atoms with E-state index < -0.39 is 0 Å². The molecule has 1 fully saturated rings. The average Bonchev–Trinajstić information content (AvgIpc) is 2.67. The molecule has 1 aromatic rings. The van der Waals surface area contributed by atoms with Gasteiger partial charge in [0.05, 0.1) is 6.61 Å². The monoisotopic (exact) mass is 235 g/mol. The molecule has 2 N–H and O–H groups in total. The molecule has 3 heteroatoms. The number of aliphatic hydroxyl groups is 2. The minimum absolute atomic E-state index is 0.142. The van der Waals surface area contributed by atoms with Crippen LogP contribution in [0.3, 0.4) is 0 Å². The van der Waals surface area contributed by atoms with Gasteiger partial charge >= 0.3 is 0 Å². The van der Waals surface area contributed by atoms with E-state index in [4.69, 9.17) is 0 Å². The van der Waals surface area contributed by atoms with Crippen molar-refractivity contribution in [2.24, 2.45) is 11.3 Å². The fraction of sp³-hybridized carbons (Fsp3) is 0.571. The minimum Gasteiger partial charge on any atom is -0.396 e. The fourth-order valence-corrected chi connectivity index (χ4v) is 2.66. The third-order valence-corrected chi connectivity index (χ3v) is 3.88. The van der Waals surface area contributed by atoms with Crippen LogP contribution in [0.25, 0.3) is 0 Å². The normalized spacial score (nSPS) is 29.7. The van der Waals surface area contributed by atoms with Gasteiger partial charge in [-0.05, 0) is 5.56 Å². The van der Waals surface area contributed by atoms with Gasteiger partial charge < -0.3 is 10.2 Å². The Balaban J connectivity index is 2.01. The Bertz CT molecular complexity index is 354. The molecule has 3 nitrogen and oxygen atoms in total. The Morgan fingerprint density at radius 3 is 2.53 bits per heavy atom. The SMILES string of the molecule is CC1(CO)CN(Cc2ccccc2)CC1CO. The summed E-state index contributed by atoms with van der Waals surface area (Å²) in [4.78, 5) is 2.31. The van der Waals surface area contributed by atoms with E-state index in [1.165, 1.54) is 5.56 Å². The highest BCUT2D eigenvalue weighted by molar-refractivity contribution is 5.15. The molecule has 2 rings (SSSR count). The first-order chi connectivity index (χ1) is 8.18. The minimum atomic E-state index is -0.163. The van der Waals surface area contributed by atoms with Gasteiger partial charge in [0, 0.05) is 37.6 Å². The maximum absolute atomic E-state index is 9.47. The van der Waals surface area contributed by atoms with E-state index in [0.29, 0.717) is 0 Å². The quantitative estimate of drug-likeness (QED) is 0.821. The lowest BCUT2D eigenvalue weighted by molar-refractivity contribution is 0.0779.